The second-order valence-electron chi connectivity index (χ2n) is 6.31. The molecule has 0 aromatic carbocycles. The summed E-state index contributed by atoms with van der Waals surface area (Å²) in [6.45, 7) is 7.59. The van der Waals surface area contributed by atoms with Crippen molar-refractivity contribution in [3.8, 4) is 5.88 Å². The summed E-state index contributed by atoms with van der Waals surface area (Å²) in [7, 11) is 3.55. The van der Waals surface area contributed by atoms with E-state index in [1.54, 1.807) is 18.1 Å². The Balaban J connectivity index is 0.00000420. The largest absolute Gasteiger partial charge is 0.481 e. The Hall–Kier alpha value is -1.75. The van der Waals surface area contributed by atoms with Crippen molar-refractivity contribution in [2.45, 2.75) is 39.7 Å². The summed E-state index contributed by atoms with van der Waals surface area (Å²) in [5, 5.41) is 11.3. The molecule has 0 amide bonds. The van der Waals surface area contributed by atoms with Crippen molar-refractivity contribution >= 4 is 29.9 Å². The highest BCUT2D eigenvalue weighted by Gasteiger charge is 2.15. The molecule has 29 heavy (non-hydrogen) atoms. The van der Waals surface area contributed by atoms with Crippen molar-refractivity contribution in [2.24, 2.45) is 12.0 Å². The first-order valence-electron chi connectivity index (χ1n) is 9.90. The van der Waals surface area contributed by atoms with Crippen LogP contribution in [0.2, 0.25) is 0 Å². The molecule has 0 aliphatic rings. The molecular weight excluding hydrogens is 485 g/mol. The molecule has 0 spiro atoms. The number of rotatable bonds is 12. The molecule has 2 heterocycles. The summed E-state index contributed by atoms with van der Waals surface area (Å²) in [4.78, 5) is 4.75. The van der Waals surface area contributed by atoms with Crippen molar-refractivity contribution in [3.63, 3.8) is 0 Å². The van der Waals surface area contributed by atoms with Crippen LogP contribution in [0.3, 0.4) is 0 Å². The third-order valence-corrected chi connectivity index (χ3v) is 4.30. The van der Waals surface area contributed by atoms with Crippen LogP contribution in [0.5, 0.6) is 5.88 Å². The van der Waals surface area contributed by atoms with Gasteiger partial charge in [-0.25, -0.2) is 9.67 Å². The van der Waals surface area contributed by atoms with E-state index in [0.29, 0.717) is 6.54 Å². The lowest BCUT2D eigenvalue weighted by molar-refractivity contribution is 0.145. The first-order chi connectivity index (χ1) is 13.7. The zero-order valence-electron chi connectivity index (χ0n) is 17.9. The molecule has 0 saturated heterocycles. The molecule has 2 aromatic rings. The molecule has 2 N–H and O–H groups in total. The minimum atomic E-state index is 0. The molecule has 0 fully saturated rings. The molecule has 0 radical (unpaired) electrons. The Morgan fingerprint density at radius 3 is 2.72 bits per heavy atom. The molecule has 0 atom stereocenters. The Morgan fingerprint density at radius 1 is 1.28 bits per heavy atom. The van der Waals surface area contributed by atoms with Crippen molar-refractivity contribution in [3.05, 3.63) is 35.4 Å². The van der Waals surface area contributed by atoms with Crippen LogP contribution in [0.25, 0.3) is 0 Å². The highest BCUT2D eigenvalue weighted by Crippen LogP contribution is 2.22. The fourth-order valence-electron chi connectivity index (χ4n) is 2.92. The number of ether oxygens (including phenoxy) is 2. The van der Waals surface area contributed by atoms with Crippen LogP contribution >= 0.6 is 24.0 Å². The second kappa shape index (κ2) is 14.3. The normalized spacial score (nSPS) is 11.2. The van der Waals surface area contributed by atoms with Crippen LogP contribution in [0.4, 0.5) is 0 Å². The number of methoxy groups -OCH3 is 1. The Kier molecular flexibility index (Phi) is 12.4. The standard InChI is InChI=1S/C20H33N5O3.HI/c1-5-18-17(19(26-4)25(3)24-18)15-23-20(21-11-8-13-27-6-2)22-12-10-16-9-7-14-28-16;/h7,9,14H,5-6,8,10-13,15H2,1-4H3,(H2,21,22,23);1H. The van der Waals surface area contributed by atoms with Crippen LogP contribution in [0, 0.1) is 0 Å². The molecule has 0 aliphatic carbocycles. The van der Waals surface area contributed by atoms with Crippen molar-refractivity contribution < 1.29 is 13.9 Å². The highest BCUT2D eigenvalue weighted by molar-refractivity contribution is 14.0. The van der Waals surface area contributed by atoms with Crippen molar-refractivity contribution in [2.75, 3.05) is 33.4 Å². The second-order valence-corrected chi connectivity index (χ2v) is 6.31. The monoisotopic (exact) mass is 519 g/mol. The summed E-state index contributed by atoms with van der Waals surface area (Å²) in [5.41, 5.74) is 2.03. The number of aromatic nitrogens is 2. The van der Waals surface area contributed by atoms with E-state index in [9.17, 15) is 0 Å². The van der Waals surface area contributed by atoms with E-state index in [1.165, 1.54) is 0 Å². The molecule has 0 bridgehead atoms. The van der Waals surface area contributed by atoms with E-state index < -0.39 is 0 Å². The van der Waals surface area contributed by atoms with Gasteiger partial charge in [0.2, 0.25) is 5.88 Å². The van der Waals surface area contributed by atoms with E-state index >= 15 is 0 Å². The van der Waals surface area contributed by atoms with Crippen LogP contribution in [0.1, 0.15) is 37.3 Å². The van der Waals surface area contributed by atoms with E-state index in [2.05, 4.69) is 22.7 Å². The number of furan rings is 1. The molecule has 0 unspecified atom stereocenters. The van der Waals surface area contributed by atoms with Gasteiger partial charge in [-0.05, 0) is 31.9 Å². The van der Waals surface area contributed by atoms with E-state index in [-0.39, 0.29) is 24.0 Å². The van der Waals surface area contributed by atoms with E-state index in [4.69, 9.17) is 18.9 Å². The SMILES string of the molecule is CCOCCCNC(=NCc1c(CC)nn(C)c1OC)NCCc1ccco1.I. The molecule has 9 heteroatoms. The minimum absolute atomic E-state index is 0. The lowest BCUT2D eigenvalue weighted by Gasteiger charge is -2.13. The summed E-state index contributed by atoms with van der Waals surface area (Å²) in [6.07, 6.45) is 4.24. The number of nitrogens with zero attached hydrogens (tertiary/aromatic N) is 3. The van der Waals surface area contributed by atoms with Crippen molar-refractivity contribution in [1.29, 1.82) is 0 Å². The zero-order chi connectivity index (χ0) is 20.2. The lowest BCUT2D eigenvalue weighted by Crippen LogP contribution is -2.39. The summed E-state index contributed by atoms with van der Waals surface area (Å²) in [6, 6.07) is 3.87. The van der Waals surface area contributed by atoms with Crippen LogP contribution in [-0.4, -0.2) is 49.2 Å². The Morgan fingerprint density at radius 2 is 2.07 bits per heavy atom. The third kappa shape index (κ3) is 8.25. The maximum absolute atomic E-state index is 5.51. The number of halogens is 1. The quantitative estimate of drug-likeness (QED) is 0.194. The highest BCUT2D eigenvalue weighted by atomic mass is 127. The van der Waals surface area contributed by atoms with Crippen LogP contribution in [0.15, 0.2) is 27.8 Å². The smallest absolute Gasteiger partial charge is 0.216 e. The van der Waals surface area contributed by atoms with Crippen LogP contribution < -0.4 is 15.4 Å². The molecule has 8 nitrogen and oxygen atoms in total. The number of nitrogens with one attached hydrogen (secondary N) is 2. The van der Waals surface area contributed by atoms with Gasteiger partial charge in [0, 0.05) is 39.8 Å². The van der Waals surface area contributed by atoms with E-state index in [1.807, 2.05) is 26.1 Å². The number of hydrogen-bond acceptors (Lipinski definition) is 5. The molecule has 164 valence electrons. The molecule has 0 aliphatic heterocycles. The average molecular weight is 519 g/mol. The summed E-state index contributed by atoms with van der Waals surface area (Å²) < 4.78 is 18.1. The Bertz CT molecular complexity index is 716. The molecule has 2 aromatic heterocycles. The van der Waals surface area contributed by atoms with Gasteiger partial charge in [-0.3, -0.25) is 0 Å². The van der Waals surface area contributed by atoms with Crippen molar-refractivity contribution in [1.82, 2.24) is 20.4 Å². The number of aryl methyl sites for hydroxylation is 2. The minimum Gasteiger partial charge on any atom is -0.481 e. The average Bonchev–Trinajstić information content (AvgIpc) is 3.32. The maximum atomic E-state index is 5.51. The van der Waals surface area contributed by atoms with Gasteiger partial charge < -0.3 is 24.5 Å². The predicted octanol–water partition coefficient (Wildman–Crippen LogP) is 2.91. The van der Waals surface area contributed by atoms with Gasteiger partial charge in [-0.15, -0.1) is 24.0 Å². The number of guanidine groups is 1. The van der Waals surface area contributed by atoms with Gasteiger partial charge in [0.25, 0.3) is 0 Å². The fourth-order valence-corrected chi connectivity index (χ4v) is 2.92. The third-order valence-electron chi connectivity index (χ3n) is 4.30. The predicted molar refractivity (Wildman–Crippen MR) is 125 cm³/mol. The first-order valence-corrected chi connectivity index (χ1v) is 9.90. The molecular formula is C20H34IN5O3. The van der Waals surface area contributed by atoms with Gasteiger partial charge in [-0.2, -0.15) is 5.10 Å². The lowest BCUT2D eigenvalue weighted by atomic mass is 10.2. The van der Waals surface area contributed by atoms with Gasteiger partial charge in [-0.1, -0.05) is 6.92 Å². The summed E-state index contributed by atoms with van der Waals surface area (Å²) >= 11 is 0. The topological polar surface area (TPSA) is 85.8 Å². The number of aliphatic imine (C=N–C) groups is 1. The van der Waals surface area contributed by atoms with Gasteiger partial charge in [0.05, 0.1) is 31.2 Å². The van der Waals surface area contributed by atoms with Gasteiger partial charge >= 0.3 is 0 Å². The molecule has 0 saturated carbocycles. The van der Waals surface area contributed by atoms with Crippen LogP contribution in [-0.2, 0) is 31.2 Å². The zero-order valence-corrected chi connectivity index (χ0v) is 20.2. The number of hydrogen-bond donors (Lipinski definition) is 2. The molecule has 2 rings (SSSR count). The van der Waals surface area contributed by atoms with E-state index in [0.717, 1.165) is 74.4 Å². The Labute approximate surface area is 190 Å². The first kappa shape index (κ1) is 25.3. The fraction of sp³-hybridized carbons (Fsp3) is 0.600. The maximum Gasteiger partial charge on any atom is 0.216 e. The van der Waals surface area contributed by atoms with Gasteiger partial charge in [0.1, 0.15) is 5.76 Å². The van der Waals surface area contributed by atoms with Gasteiger partial charge in [0.15, 0.2) is 5.96 Å². The summed E-state index contributed by atoms with van der Waals surface area (Å²) in [5.74, 6) is 2.47.